The van der Waals surface area contributed by atoms with Crippen LogP contribution in [0.4, 0.5) is 46.0 Å². The van der Waals surface area contributed by atoms with E-state index in [9.17, 15) is 20.4 Å². The zero-order chi connectivity index (χ0) is 75.3. The van der Waals surface area contributed by atoms with Gasteiger partial charge in [-0.2, -0.15) is 0 Å². The number of aromatic hydroxyl groups is 4. The highest BCUT2D eigenvalue weighted by molar-refractivity contribution is 6.30. The van der Waals surface area contributed by atoms with Gasteiger partial charge in [-0.1, -0.05) is 127 Å². The molecule has 0 saturated heterocycles. The van der Waals surface area contributed by atoms with E-state index in [0.29, 0.717) is 73.2 Å². The summed E-state index contributed by atoms with van der Waals surface area (Å²) in [5.41, 5.74) is 22.7. The molecule has 8 N–H and O–H groups in total. The van der Waals surface area contributed by atoms with Crippen molar-refractivity contribution in [3.8, 4) is 68.0 Å². The van der Waals surface area contributed by atoms with Gasteiger partial charge in [0.1, 0.15) is 69.0 Å². The molecule has 8 aromatic carbocycles. The fourth-order valence-corrected chi connectivity index (χ4v) is 13.2. The maximum Gasteiger partial charge on any atom is 0.236 e. The summed E-state index contributed by atoms with van der Waals surface area (Å²) in [6.45, 7) is 24.6. The molecule has 0 unspecified atom stereocenters. The van der Waals surface area contributed by atoms with Gasteiger partial charge in [0, 0.05) is 98.6 Å². The maximum absolute atomic E-state index is 10.6. The summed E-state index contributed by atoms with van der Waals surface area (Å²) < 4.78 is 7.70. The van der Waals surface area contributed by atoms with Crippen molar-refractivity contribution in [2.24, 2.45) is 0 Å². The van der Waals surface area contributed by atoms with Crippen molar-refractivity contribution >= 4 is 80.7 Å². The molecule has 0 atom stereocenters. The molecule has 16 aromatic rings. The lowest BCUT2D eigenvalue weighted by molar-refractivity contribution is 0.476. The number of anilines is 8. The highest BCUT2D eigenvalue weighted by Gasteiger charge is 2.25. The van der Waals surface area contributed by atoms with Gasteiger partial charge >= 0.3 is 0 Å². The number of rotatable bonds is 14. The molecule has 0 aliphatic carbocycles. The van der Waals surface area contributed by atoms with Gasteiger partial charge in [-0.25, -0.2) is 39.9 Å². The van der Waals surface area contributed by atoms with Gasteiger partial charge in [0.15, 0.2) is 0 Å². The Hall–Kier alpha value is -13.1. The molecule has 107 heavy (non-hydrogen) atoms. The number of imidazole rings is 4. The highest BCUT2D eigenvalue weighted by atomic mass is 35.5. The number of aromatic nitrogens is 12. The van der Waals surface area contributed by atoms with Crippen molar-refractivity contribution in [3.05, 3.63) is 285 Å². The Morgan fingerprint density at radius 3 is 1.07 bits per heavy atom. The summed E-state index contributed by atoms with van der Waals surface area (Å²) >= 11 is 5.97. The van der Waals surface area contributed by atoms with E-state index in [0.717, 1.165) is 115 Å². The quantitative estimate of drug-likeness (QED) is 0.0504. The SMILES string of the molecule is CCc1cccc(C)c1Nc1c(-c2cc(C)ccc2O)nc2nc(C)cc(C)n12.CCc1cccc(C)c1Nc1c(-c2cc(C)ccc2O)nc2ncccn12.Cc1ccc(O)c(-c2nc3ncccn3c2Nc2c(C)cccc2C)c1.Cc1ccc(O)c(-c2nc3ncccn3c2Nc2ccc(Cl)cc2)c1. The molecule has 0 amide bonds. The van der Waals surface area contributed by atoms with Crippen molar-refractivity contribution in [3.63, 3.8) is 0 Å². The Bertz CT molecular complexity index is 5960. The number of halogens is 1. The molecule has 0 spiro atoms. The van der Waals surface area contributed by atoms with E-state index in [1.807, 2.05) is 181 Å². The largest absolute Gasteiger partial charge is 0.507 e. The van der Waals surface area contributed by atoms with Crippen LogP contribution in [0.25, 0.3) is 68.1 Å². The van der Waals surface area contributed by atoms with Gasteiger partial charge in [0.25, 0.3) is 0 Å². The Morgan fingerprint density at radius 1 is 0.346 bits per heavy atom. The first-order valence-electron chi connectivity index (χ1n) is 35.3. The molecule has 0 radical (unpaired) electrons. The fourth-order valence-electron chi connectivity index (χ4n) is 13.1. The normalized spacial score (nSPS) is 11.1. The van der Waals surface area contributed by atoms with Gasteiger partial charge < -0.3 is 41.7 Å². The third-order valence-corrected chi connectivity index (χ3v) is 18.8. The molecule has 20 nitrogen and oxygen atoms in total. The minimum Gasteiger partial charge on any atom is -0.507 e. The van der Waals surface area contributed by atoms with Crippen LogP contribution in [0.15, 0.2) is 213 Å². The third kappa shape index (κ3) is 15.3. The van der Waals surface area contributed by atoms with E-state index in [4.69, 9.17) is 21.6 Å². The smallest absolute Gasteiger partial charge is 0.236 e. The zero-order valence-electron chi connectivity index (χ0n) is 61.7. The van der Waals surface area contributed by atoms with Gasteiger partial charge in [0.05, 0.1) is 0 Å². The van der Waals surface area contributed by atoms with Gasteiger partial charge in [-0.05, 0) is 213 Å². The predicted octanol–water partition coefficient (Wildman–Crippen LogP) is 20.2. The number of hydrogen-bond acceptors (Lipinski definition) is 16. The minimum absolute atomic E-state index is 0.174. The van der Waals surface area contributed by atoms with Gasteiger partial charge in [-0.15, -0.1) is 0 Å². The van der Waals surface area contributed by atoms with Crippen LogP contribution < -0.4 is 21.3 Å². The molecule has 0 bridgehead atoms. The van der Waals surface area contributed by atoms with E-state index in [2.05, 4.69) is 141 Å². The molecule has 0 saturated carbocycles. The molecule has 0 aliphatic heterocycles. The molecule has 0 fully saturated rings. The van der Waals surface area contributed by atoms with Crippen LogP contribution in [-0.2, 0) is 12.8 Å². The highest BCUT2D eigenvalue weighted by Crippen LogP contribution is 2.43. The molecule has 8 heterocycles. The topological polar surface area (TPSA) is 250 Å². The van der Waals surface area contributed by atoms with Crippen molar-refractivity contribution < 1.29 is 20.4 Å². The average Bonchev–Trinajstić information content (AvgIpc) is 1.63. The summed E-state index contributed by atoms with van der Waals surface area (Å²) in [5, 5.41) is 56.6. The molecular weight excluding hydrogens is 1360 g/mol. The number of nitrogens with one attached hydrogen (secondary N) is 4. The van der Waals surface area contributed by atoms with Crippen molar-refractivity contribution in [2.75, 3.05) is 21.3 Å². The number of benzene rings is 8. The minimum atomic E-state index is 0.174. The number of hydrogen-bond donors (Lipinski definition) is 8. The summed E-state index contributed by atoms with van der Waals surface area (Å²) in [7, 11) is 0. The lowest BCUT2D eigenvalue weighted by atomic mass is 10.0. The molecule has 0 aliphatic rings. The van der Waals surface area contributed by atoms with E-state index in [-0.39, 0.29) is 23.0 Å². The van der Waals surface area contributed by atoms with Gasteiger partial charge in [-0.3, -0.25) is 17.6 Å². The summed E-state index contributed by atoms with van der Waals surface area (Å²) in [6.07, 6.45) is 12.7. The molecule has 21 heteroatoms. The van der Waals surface area contributed by atoms with Crippen LogP contribution in [0.5, 0.6) is 23.0 Å². The van der Waals surface area contributed by atoms with Crippen LogP contribution in [0.3, 0.4) is 0 Å². The van der Waals surface area contributed by atoms with Crippen molar-refractivity contribution in [1.82, 2.24) is 57.5 Å². The number of nitrogens with zero attached hydrogens (tertiary/aromatic N) is 12. The standard InChI is InChI=1S/C24H26N4O.C22H22N4O.C21H20N4O.C19H15ClN4O/c1-6-18-9-7-8-15(3)21(18)26-23-22(19-12-14(2)10-11-20(19)29)27-24-25-16(4)13-17(5)28(23)24;1-4-16-8-5-7-15(3)19(16)24-21-20(17-13-14(2)9-10-18(17)27)25-22-23-11-6-12-26(21)22;1-13-8-9-17(26)16(12-13)19-20(25-11-5-10-22-21(25)24-19)23-18-14(2)6-4-7-15(18)3;1-12-3-8-16(25)15(11-12)17-18(22-14-6-4-13(20)5-7-14)24-10-2-9-21-19(24)23-17/h7-13,26,29H,6H2,1-5H3;5-13,24,27H,4H2,1-3H3;4-12,23,26H,1-3H3;2-11,22,25H,1H3. The number of phenols is 4. The van der Waals surface area contributed by atoms with E-state index in [1.54, 1.807) is 42.9 Å². The Labute approximate surface area is 625 Å². The van der Waals surface area contributed by atoms with Crippen molar-refractivity contribution in [1.29, 1.82) is 0 Å². The Morgan fingerprint density at radius 2 is 0.682 bits per heavy atom. The van der Waals surface area contributed by atoms with E-state index >= 15 is 0 Å². The Kier molecular flexibility index (Phi) is 21.0. The summed E-state index contributed by atoms with van der Waals surface area (Å²) in [5.74, 6) is 6.24. The lowest BCUT2D eigenvalue weighted by Crippen LogP contribution is -2.04. The third-order valence-electron chi connectivity index (χ3n) is 18.5. The molecule has 538 valence electrons. The second-order valence-electron chi connectivity index (χ2n) is 26.6. The second-order valence-corrected chi connectivity index (χ2v) is 27.0. The first kappa shape index (κ1) is 72.3. The van der Waals surface area contributed by atoms with Crippen LogP contribution in [-0.4, -0.2) is 77.9 Å². The van der Waals surface area contributed by atoms with Gasteiger partial charge in [0.2, 0.25) is 23.1 Å². The first-order valence-corrected chi connectivity index (χ1v) is 35.6. The van der Waals surface area contributed by atoms with E-state index in [1.165, 1.54) is 11.1 Å². The van der Waals surface area contributed by atoms with Crippen LogP contribution in [0.1, 0.15) is 80.9 Å². The summed E-state index contributed by atoms with van der Waals surface area (Å²) in [4.78, 5) is 36.5. The van der Waals surface area contributed by atoms with Crippen LogP contribution >= 0.6 is 11.6 Å². The van der Waals surface area contributed by atoms with Crippen LogP contribution in [0.2, 0.25) is 5.02 Å². The number of fused-ring (bicyclic) bond motifs is 4. The number of para-hydroxylation sites is 3. The predicted molar refractivity (Wildman–Crippen MR) is 430 cm³/mol. The second kappa shape index (κ2) is 31.1. The molecule has 8 aromatic heterocycles. The number of aryl methyl sites for hydroxylation is 12. The fraction of sp³-hybridized carbons (Fsp3) is 0.163. The number of phenolic OH excluding ortho intramolecular Hbond substituents is 4. The molecule has 16 rings (SSSR count). The zero-order valence-corrected chi connectivity index (χ0v) is 62.4. The lowest BCUT2D eigenvalue weighted by Gasteiger charge is -2.16. The maximum atomic E-state index is 10.6. The first-order chi connectivity index (χ1) is 51.6. The van der Waals surface area contributed by atoms with Crippen molar-refractivity contribution in [2.45, 2.75) is 95.9 Å². The average molecular weight is 1440 g/mol. The summed E-state index contributed by atoms with van der Waals surface area (Å²) in [6, 6.07) is 55.9. The molecular formula is C86H83ClN16O4. The Balaban J connectivity index is 0.000000126. The van der Waals surface area contributed by atoms with Crippen LogP contribution in [0, 0.1) is 69.2 Å². The van der Waals surface area contributed by atoms with E-state index < -0.39 is 0 Å². The monoisotopic (exact) mass is 1440 g/mol.